The lowest BCUT2D eigenvalue weighted by Crippen LogP contribution is -2.39. The number of rotatable bonds is 5. The molecule has 0 aromatic heterocycles. The third-order valence-corrected chi connectivity index (χ3v) is 3.04. The molecule has 1 amide bonds. The van der Waals surface area contributed by atoms with Gasteiger partial charge >= 0.3 is 0 Å². The van der Waals surface area contributed by atoms with E-state index in [1.165, 1.54) is 6.42 Å². The van der Waals surface area contributed by atoms with Crippen LogP contribution in [-0.2, 0) is 4.79 Å². The molecular weight excluding hydrogens is 176 g/mol. The molecule has 0 aromatic carbocycles. The van der Waals surface area contributed by atoms with Crippen LogP contribution in [0.3, 0.4) is 0 Å². The molecule has 82 valence electrons. The first-order chi connectivity index (χ1) is 6.53. The van der Waals surface area contributed by atoms with Gasteiger partial charge in [0.2, 0.25) is 5.91 Å². The largest absolute Gasteiger partial charge is 0.352 e. The van der Waals surface area contributed by atoms with E-state index in [0.29, 0.717) is 17.9 Å². The van der Waals surface area contributed by atoms with Crippen LogP contribution in [0.1, 0.15) is 40.0 Å². The van der Waals surface area contributed by atoms with Gasteiger partial charge in [-0.05, 0) is 18.3 Å². The van der Waals surface area contributed by atoms with Gasteiger partial charge in [-0.3, -0.25) is 4.79 Å². The van der Waals surface area contributed by atoms with Crippen LogP contribution in [0.15, 0.2) is 0 Å². The Labute approximate surface area is 86.6 Å². The van der Waals surface area contributed by atoms with Crippen LogP contribution in [0.5, 0.6) is 0 Å². The zero-order valence-electron chi connectivity index (χ0n) is 9.52. The van der Waals surface area contributed by atoms with Crippen LogP contribution < -0.4 is 10.6 Å². The highest BCUT2D eigenvalue weighted by atomic mass is 16.1. The van der Waals surface area contributed by atoms with E-state index in [4.69, 9.17) is 0 Å². The molecule has 0 aromatic rings. The Morgan fingerprint density at radius 2 is 2.29 bits per heavy atom. The van der Waals surface area contributed by atoms with Gasteiger partial charge in [-0.2, -0.15) is 0 Å². The standard InChI is InChI=1S/C11H22N2O/c1-4-11(2,3)8-12-7-9-5-6-10(14)13-9/h9,12H,4-8H2,1-3H3,(H,13,14). The van der Waals surface area contributed by atoms with Gasteiger partial charge in [0, 0.05) is 25.6 Å². The molecular formula is C11H22N2O. The summed E-state index contributed by atoms with van der Waals surface area (Å²) in [5.41, 5.74) is 0.364. The zero-order valence-corrected chi connectivity index (χ0v) is 9.52. The van der Waals surface area contributed by atoms with Gasteiger partial charge in [-0.15, -0.1) is 0 Å². The lowest BCUT2D eigenvalue weighted by atomic mass is 9.90. The van der Waals surface area contributed by atoms with E-state index in [1.54, 1.807) is 0 Å². The highest BCUT2D eigenvalue weighted by Gasteiger charge is 2.21. The van der Waals surface area contributed by atoms with Crippen molar-refractivity contribution in [3.05, 3.63) is 0 Å². The third kappa shape index (κ3) is 3.66. The predicted octanol–water partition coefficient (Wildman–Crippen LogP) is 1.29. The van der Waals surface area contributed by atoms with Gasteiger partial charge < -0.3 is 10.6 Å². The minimum Gasteiger partial charge on any atom is -0.352 e. The molecule has 3 nitrogen and oxygen atoms in total. The summed E-state index contributed by atoms with van der Waals surface area (Å²) >= 11 is 0. The number of nitrogens with one attached hydrogen (secondary N) is 2. The van der Waals surface area contributed by atoms with E-state index < -0.39 is 0 Å². The number of amides is 1. The Bertz CT molecular complexity index is 201. The van der Waals surface area contributed by atoms with E-state index in [1.807, 2.05) is 0 Å². The first-order valence-electron chi connectivity index (χ1n) is 5.53. The molecule has 0 aliphatic carbocycles. The van der Waals surface area contributed by atoms with Crippen molar-refractivity contribution in [2.45, 2.75) is 46.1 Å². The molecule has 0 radical (unpaired) electrons. The lowest BCUT2D eigenvalue weighted by Gasteiger charge is -2.24. The summed E-state index contributed by atoms with van der Waals surface area (Å²) < 4.78 is 0. The summed E-state index contributed by atoms with van der Waals surface area (Å²) in [4.78, 5) is 10.9. The van der Waals surface area contributed by atoms with Crippen molar-refractivity contribution in [1.82, 2.24) is 10.6 Å². The van der Waals surface area contributed by atoms with E-state index in [0.717, 1.165) is 19.5 Å². The minimum atomic E-state index is 0.201. The van der Waals surface area contributed by atoms with Crippen LogP contribution in [0.25, 0.3) is 0 Å². The first kappa shape index (κ1) is 11.5. The SMILES string of the molecule is CCC(C)(C)CNCC1CCC(=O)N1. The first-order valence-corrected chi connectivity index (χ1v) is 5.53. The maximum Gasteiger partial charge on any atom is 0.220 e. The summed E-state index contributed by atoms with van der Waals surface area (Å²) in [5.74, 6) is 0.201. The molecule has 1 rings (SSSR count). The Morgan fingerprint density at radius 3 is 2.79 bits per heavy atom. The Kier molecular flexibility index (Phi) is 3.93. The molecule has 1 aliphatic rings. The molecule has 0 saturated carbocycles. The van der Waals surface area contributed by atoms with E-state index in [9.17, 15) is 4.79 Å². The van der Waals surface area contributed by atoms with Crippen molar-refractivity contribution < 1.29 is 4.79 Å². The second-order valence-electron chi connectivity index (χ2n) is 4.95. The van der Waals surface area contributed by atoms with E-state index >= 15 is 0 Å². The third-order valence-electron chi connectivity index (χ3n) is 3.04. The van der Waals surface area contributed by atoms with Gasteiger partial charge in [-0.25, -0.2) is 0 Å². The average Bonchev–Trinajstić information content (AvgIpc) is 2.51. The molecule has 1 fully saturated rings. The van der Waals surface area contributed by atoms with Gasteiger partial charge in [-0.1, -0.05) is 20.8 Å². The van der Waals surface area contributed by atoms with Crippen LogP contribution in [0.2, 0.25) is 0 Å². The van der Waals surface area contributed by atoms with Crippen molar-refractivity contribution in [2.75, 3.05) is 13.1 Å². The summed E-state index contributed by atoms with van der Waals surface area (Å²) in [5, 5.41) is 6.38. The average molecular weight is 198 g/mol. The molecule has 14 heavy (non-hydrogen) atoms. The van der Waals surface area contributed by atoms with E-state index in [-0.39, 0.29) is 5.91 Å². The number of carbonyl (C=O) groups is 1. The summed E-state index contributed by atoms with van der Waals surface area (Å²) in [7, 11) is 0. The maximum atomic E-state index is 10.9. The monoisotopic (exact) mass is 198 g/mol. The van der Waals surface area contributed by atoms with Crippen molar-refractivity contribution >= 4 is 5.91 Å². The number of hydrogen-bond acceptors (Lipinski definition) is 2. The van der Waals surface area contributed by atoms with Crippen molar-refractivity contribution in [3.63, 3.8) is 0 Å². The Balaban J connectivity index is 2.12. The molecule has 1 aliphatic heterocycles. The Hall–Kier alpha value is -0.570. The van der Waals surface area contributed by atoms with Gasteiger partial charge in [0.1, 0.15) is 0 Å². The highest BCUT2D eigenvalue weighted by Crippen LogP contribution is 2.17. The quantitative estimate of drug-likeness (QED) is 0.699. The van der Waals surface area contributed by atoms with Crippen LogP contribution in [-0.4, -0.2) is 25.0 Å². The summed E-state index contributed by atoms with van der Waals surface area (Å²) in [6.07, 6.45) is 2.86. The summed E-state index contributed by atoms with van der Waals surface area (Å²) in [6.45, 7) is 8.66. The van der Waals surface area contributed by atoms with Gasteiger partial charge in [0.25, 0.3) is 0 Å². The second-order valence-corrected chi connectivity index (χ2v) is 4.95. The minimum absolute atomic E-state index is 0.201. The van der Waals surface area contributed by atoms with Crippen LogP contribution >= 0.6 is 0 Å². The Morgan fingerprint density at radius 1 is 1.57 bits per heavy atom. The molecule has 1 unspecified atom stereocenters. The fourth-order valence-corrected chi connectivity index (χ4v) is 1.54. The lowest BCUT2D eigenvalue weighted by molar-refractivity contribution is -0.119. The topological polar surface area (TPSA) is 41.1 Å². The molecule has 1 heterocycles. The zero-order chi connectivity index (χ0) is 10.6. The van der Waals surface area contributed by atoms with Gasteiger partial charge in [0.15, 0.2) is 0 Å². The second kappa shape index (κ2) is 4.78. The number of hydrogen-bond donors (Lipinski definition) is 2. The fourth-order valence-electron chi connectivity index (χ4n) is 1.54. The van der Waals surface area contributed by atoms with Crippen molar-refractivity contribution in [1.29, 1.82) is 0 Å². The van der Waals surface area contributed by atoms with Gasteiger partial charge in [0.05, 0.1) is 0 Å². The molecule has 1 atom stereocenters. The predicted molar refractivity (Wildman–Crippen MR) is 58.1 cm³/mol. The van der Waals surface area contributed by atoms with Crippen LogP contribution in [0.4, 0.5) is 0 Å². The normalized spacial score (nSPS) is 22.5. The molecule has 1 saturated heterocycles. The van der Waals surface area contributed by atoms with E-state index in [2.05, 4.69) is 31.4 Å². The van der Waals surface area contributed by atoms with Crippen molar-refractivity contribution in [2.24, 2.45) is 5.41 Å². The number of carbonyl (C=O) groups excluding carboxylic acids is 1. The molecule has 0 spiro atoms. The highest BCUT2D eigenvalue weighted by molar-refractivity contribution is 5.78. The molecule has 0 bridgehead atoms. The fraction of sp³-hybridized carbons (Fsp3) is 0.909. The van der Waals surface area contributed by atoms with Crippen LogP contribution in [0, 0.1) is 5.41 Å². The smallest absolute Gasteiger partial charge is 0.220 e. The maximum absolute atomic E-state index is 10.9. The van der Waals surface area contributed by atoms with Crippen molar-refractivity contribution in [3.8, 4) is 0 Å². The molecule has 3 heteroatoms. The summed E-state index contributed by atoms with van der Waals surface area (Å²) in [6, 6.07) is 0.357. The molecule has 2 N–H and O–H groups in total.